The highest BCUT2D eigenvalue weighted by molar-refractivity contribution is 6.42. The first kappa shape index (κ1) is 19.1. The van der Waals surface area contributed by atoms with Crippen molar-refractivity contribution in [2.24, 2.45) is 5.92 Å². The summed E-state index contributed by atoms with van der Waals surface area (Å²) in [6, 6.07) is 8.93. The monoisotopic (exact) mass is 398 g/mol. The molecule has 1 fully saturated rings. The third kappa shape index (κ3) is 4.72. The van der Waals surface area contributed by atoms with Crippen LogP contribution in [0.1, 0.15) is 18.4 Å². The summed E-state index contributed by atoms with van der Waals surface area (Å²) in [5.41, 5.74) is 1.34. The van der Waals surface area contributed by atoms with Gasteiger partial charge >= 0.3 is 0 Å². The Morgan fingerprint density at radius 2 is 1.77 bits per heavy atom. The molecule has 2 aromatic carbocycles. The summed E-state index contributed by atoms with van der Waals surface area (Å²) >= 11 is 12.0. The second-order valence-electron chi connectivity index (χ2n) is 6.42. The molecule has 0 radical (unpaired) electrons. The van der Waals surface area contributed by atoms with E-state index in [0.717, 1.165) is 37.3 Å². The Bertz CT molecular complexity index is 808. The van der Waals surface area contributed by atoms with Crippen LogP contribution in [0.25, 0.3) is 0 Å². The molecule has 3 rings (SSSR count). The van der Waals surface area contributed by atoms with Gasteiger partial charge in [-0.3, -0.25) is 9.69 Å². The topological polar surface area (TPSA) is 32.3 Å². The lowest BCUT2D eigenvalue weighted by atomic mass is 9.95. The lowest BCUT2D eigenvalue weighted by molar-refractivity contribution is -0.121. The van der Waals surface area contributed by atoms with Crippen molar-refractivity contribution in [2.45, 2.75) is 19.4 Å². The molecule has 7 heteroatoms. The van der Waals surface area contributed by atoms with E-state index < -0.39 is 11.6 Å². The van der Waals surface area contributed by atoms with Crippen LogP contribution < -0.4 is 5.32 Å². The average Bonchev–Trinajstić information content (AvgIpc) is 2.62. The molecule has 0 aromatic heterocycles. The van der Waals surface area contributed by atoms with Gasteiger partial charge in [0.15, 0.2) is 11.6 Å². The van der Waals surface area contributed by atoms with Crippen LogP contribution in [0.5, 0.6) is 0 Å². The van der Waals surface area contributed by atoms with Crippen LogP contribution in [0, 0.1) is 17.6 Å². The molecule has 26 heavy (non-hydrogen) atoms. The van der Waals surface area contributed by atoms with E-state index >= 15 is 0 Å². The van der Waals surface area contributed by atoms with E-state index in [-0.39, 0.29) is 17.5 Å². The first-order valence-electron chi connectivity index (χ1n) is 8.34. The van der Waals surface area contributed by atoms with Crippen LogP contribution in [0.3, 0.4) is 0 Å². The van der Waals surface area contributed by atoms with Crippen molar-refractivity contribution >= 4 is 34.8 Å². The molecule has 1 heterocycles. The minimum Gasteiger partial charge on any atom is -0.326 e. The van der Waals surface area contributed by atoms with Crippen molar-refractivity contribution < 1.29 is 13.6 Å². The minimum absolute atomic E-state index is 0.145. The molecular weight excluding hydrogens is 381 g/mol. The standard InChI is InChI=1S/C19H18Cl2F2N2O/c20-15-3-1-12(9-16(15)21)11-25-7-5-13(6-8-25)19(26)24-14-2-4-17(22)18(23)10-14/h1-4,9-10,13H,5-8,11H2,(H,24,26). The Labute approximate surface area is 160 Å². The van der Waals surface area contributed by atoms with E-state index in [1.807, 2.05) is 12.1 Å². The Hall–Kier alpha value is -1.69. The zero-order valence-corrected chi connectivity index (χ0v) is 15.5. The maximum atomic E-state index is 13.2. The van der Waals surface area contributed by atoms with Crippen LogP contribution in [-0.4, -0.2) is 23.9 Å². The summed E-state index contributed by atoms with van der Waals surface area (Å²) in [6.07, 6.45) is 1.41. The summed E-state index contributed by atoms with van der Waals surface area (Å²) in [5.74, 6) is -2.21. The molecule has 1 amide bonds. The highest BCUT2D eigenvalue weighted by Crippen LogP contribution is 2.25. The molecular formula is C19H18Cl2F2N2O. The van der Waals surface area contributed by atoms with Gasteiger partial charge in [-0.25, -0.2) is 8.78 Å². The predicted octanol–water partition coefficient (Wildman–Crippen LogP) is 5.12. The van der Waals surface area contributed by atoms with Crippen LogP contribution in [0.2, 0.25) is 10.0 Å². The summed E-state index contributed by atoms with van der Waals surface area (Å²) in [4.78, 5) is 14.6. The summed E-state index contributed by atoms with van der Waals surface area (Å²) in [5, 5.41) is 3.72. The number of benzene rings is 2. The smallest absolute Gasteiger partial charge is 0.227 e. The largest absolute Gasteiger partial charge is 0.326 e. The zero-order valence-electron chi connectivity index (χ0n) is 13.9. The number of hydrogen-bond acceptors (Lipinski definition) is 2. The molecule has 3 nitrogen and oxygen atoms in total. The molecule has 0 atom stereocenters. The van der Waals surface area contributed by atoms with Gasteiger partial charge in [0.25, 0.3) is 0 Å². The van der Waals surface area contributed by atoms with Crippen molar-refractivity contribution in [3.05, 3.63) is 63.6 Å². The number of nitrogens with zero attached hydrogens (tertiary/aromatic N) is 1. The van der Waals surface area contributed by atoms with Gasteiger partial charge in [0.05, 0.1) is 10.0 Å². The van der Waals surface area contributed by atoms with Gasteiger partial charge in [0.1, 0.15) is 0 Å². The number of carbonyl (C=O) groups is 1. The normalized spacial score (nSPS) is 15.8. The molecule has 2 aromatic rings. The van der Waals surface area contributed by atoms with Gasteiger partial charge in [0.2, 0.25) is 5.91 Å². The van der Waals surface area contributed by atoms with E-state index in [1.165, 1.54) is 6.07 Å². The van der Waals surface area contributed by atoms with E-state index in [2.05, 4.69) is 10.2 Å². The lowest BCUT2D eigenvalue weighted by Gasteiger charge is -2.31. The van der Waals surface area contributed by atoms with Crippen molar-refractivity contribution in [3.8, 4) is 0 Å². The van der Waals surface area contributed by atoms with Gasteiger partial charge in [-0.15, -0.1) is 0 Å². The number of nitrogens with one attached hydrogen (secondary N) is 1. The van der Waals surface area contributed by atoms with Crippen LogP contribution in [-0.2, 0) is 11.3 Å². The number of carbonyl (C=O) groups excluding carboxylic acids is 1. The Kier molecular flexibility index (Phi) is 6.12. The van der Waals surface area contributed by atoms with Crippen LogP contribution in [0.4, 0.5) is 14.5 Å². The van der Waals surface area contributed by atoms with Gasteiger partial charge in [-0.2, -0.15) is 0 Å². The molecule has 138 valence electrons. The summed E-state index contributed by atoms with van der Waals surface area (Å²) in [7, 11) is 0. The highest BCUT2D eigenvalue weighted by atomic mass is 35.5. The van der Waals surface area contributed by atoms with Crippen molar-refractivity contribution in [3.63, 3.8) is 0 Å². The lowest BCUT2D eigenvalue weighted by Crippen LogP contribution is -2.37. The van der Waals surface area contributed by atoms with E-state index in [9.17, 15) is 13.6 Å². The highest BCUT2D eigenvalue weighted by Gasteiger charge is 2.25. The van der Waals surface area contributed by atoms with Crippen molar-refractivity contribution in [1.29, 1.82) is 0 Å². The molecule has 1 aliphatic heterocycles. The predicted molar refractivity (Wildman–Crippen MR) is 99.5 cm³/mol. The zero-order chi connectivity index (χ0) is 18.7. The number of anilines is 1. The molecule has 1 aliphatic rings. The third-order valence-corrected chi connectivity index (χ3v) is 5.27. The number of likely N-dealkylation sites (tertiary alicyclic amines) is 1. The van der Waals surface area contributed by atoms with E-state index in [0.29, 0.717) is 22.9 Å². The maximum absolute atomic E-state index is 13.2. The SMILES string of the molecule is O=C(Nc1ccc(F)c(F)c1)C1CCN(Cc2ccc(Cl)c(Cl)c2)CC1. The fraction of sp³-hybridized carbons (Fsp3) is 0.316. The third-order valence-electron chi connectivity index (χ3n) is 4.54. The quantitative estimate of drug-likeness (QED) is 0.774. The van der Waals surface area contributed by atoms with E-state index in [1.54, 1.807) is 6.07 Å². The van der Waals surface area contributed by atoms with Crippen LogP contribution in [0.15, 0.2) is 36.4 Å². The molecule has 0 bridgehead atoms. The molecule has 0 aliphatic carbocycles. The number of halogens is 4. The molecule has 0 saturated carbocycles. The van der Waals surface area contributed by atoms with Crippen LogP contribution >= 0.6 is 23.2 Å². The Morgan fingerprint density at radius 1 is 1.04 bits per heavy atom. The number of rotatable bonds is 4. The summed E-state index contributed by atoms with van der Waals surface area (Å²) in [6.45, 7) is 2.29. The fourth-order valence-corrected chi connectivity index (χ4v) is 3.39. The van der Waals surface area contributed by atoms with Gasteiger partial charge < -0.3 is 5.32 Å². The average molecular weight is 399 g/mol. The summed E-state index contributed by atoms with van der Waals surface area (Å²) < 4.78 is 26.2. The second kappa shape index (κ2) is 8.33. The van der Waals surface area contributed by atoms with Gasteiger partial charge in [-0.1, -0.05) is 29.3 Å². The molecule has 1 N–H and O–H groups in total. The number of hydrogen-bond donors (Lipinski definition) is 1. The van der Waals surface area contributed by atoms with E-state index in [4.69, 9.17) is 23.2 Å². The Balaban J connectivity index is 1.51. The van der Waals surface area contributed by atoms with Crippen molar-refractivity contribution in [1.82, 2.24) is 4.90 Å². The number of amides is 1. The Morgan fingerprint density at radius 3 is 2.42 bits per heavy atom. The minimum atomic E-state index is -0.973. The second-order valence-corrected chi connectivity index (χ2v) is 7.23. The number of piperidine rings is 1. The molecule has 0 unspecified atom stereocenters. The fourth-order valence-electron chi connectivity index (χ4n) is 3.07. The molecule has 0 spiro atoms. The first-order valence-corrected chi connectivity index (χ1v) is 9.10. The molecule has 1 saturated heterocycles. The van der Waals surface area contributed by atoms with Crippen molar-refractivity contribution in [2.75, 3.05) is 18.4 Å². The van der Waals surface area contributed by atoms with Gasteiger partial charge in [-0.05, 0) is 55.8 Å². The first-order chi connectivity index (χ1) is 12.4. The maximum Gasteiger partial charge on any atom is 0.227 e. The van der Waals surface area contributed by atoms with Gasteiger partial charge in [0, 0.05) is 24.2 Å².